The van der Waals surface area contributed by atoms with Gasteiger partial charge in [0.2, 0.25) is 0 Å². The van der Waals surface area contributed by atoms with E-state index >= 15 is 0 Å². The Hall–Kier alpha value is -3.96. The van der Waals surface area contributed by atoms with Crippen molar-refractivity contribution in [3.05, 3.63) is 64.4 Å². The first kappa shape index (κ1) is 23.7. The molecule has 0 spiro atoms. The van der Waals surface area contributed by atoms with Gasteiger partial charge >= 0.3 is 0 Å². The van der Waals surface area contributed by atoms with Crippen molar-refractivity contribution >= 4 is 52.3 Å². The van der Waals surface area contributed by atoms with E-state index in [1.165, 1.54) is 19.5 Å². The van der Waals surface area contributed by atoms with E-state index in [-0.39, 0.29) is 29.0 Å². The minimum Gasteiger partial charge on any atom is -0.497 e. The third-order valence-corrected chi connectivity index (χ3v) is 4.63. The van der Waals surface area contributed by atoms with Gasteiger partial charge in [-0.15, -0.1) is 0 Å². The fourth-order valence-electron chi connectivity index (χ4n) is 2.43. The number of nitrogen functional groups attached to an aromatic ring is 1. The highest BCUT2D eigenvalue weighted by atomic mass is 35.5. The van der Waals surface area contributed by atoms with Crippen LogP contribution in [0.25, 0.3) is 0 Å². The number of ether oxygens (including phenoxy) is 2. The Bertz CT molecular complexity index is 1150. The molecule has 0 aliphatic heterocycles. The van der Waals surface area contributed by atoms with Gasteiger partial charge in [0.25, 0.3) is 11.8 Å². The molecule has 0 saturated carbocycles. The van der Waals surface area contributed by atoms with Crippen molar-refractivity contribution in [2.45, 2.75) is 0 Å². The Labute approximate surface area is 198 Å². The van der Waals surface area contributed by atoms with E-state index in [0.29, 0.717) is 22.1 Å². The standard InChI is InChI=1S/C20H19Cl2N7O4/c1-32-13-5-2-11(3-6-13)20(31)29-28-19-17(23)18(24-10-25-19)27-26-16(30)9-33-15-7-4-12(21)8-14(15)22/h2-8,10H,9,23H2,1H3,(H,26,30)(H,29,31)(H2,24,25,27,28). The van der Waals surface area contributed by atoms with Crippen molar-refractivity contribution in [3.63, 3.8) is 0 Å². The number of nitrogens with one attached hydrogen (secondary N) is 4. The van der Waals surface area contributed by atoms with E-state index in [2.05, 4.69) is 31.7 Å². The van der Waals surface area contributed by atoms with Crippen molar-refractivity contribution in [1.29, 1.82) is 0 Å². The molecule has 0 aliphatic rings. The van der Waals surface area contributed by atoms with Gasteiger partial charge in [-0.1, -0.05) is 23.2 Å². The van der Waals surface area contributed by atoms with Crippen LogP contribution in [0.5, 0.6) is 11.5 Å². The summed E-state index contributed by atoms with van der Waals surface area (Å²) in [6, 6.07) is 11.1. The molecule has 11 nitrogen and oxygen atoms in total. The van der Waals surface area contributed by atoms with E-state index in [1.807, 2.05) is 0 Å². The number of benzene rings is 2. The van der Waals surface area contributed by atoms with E-state index in [1.54, 1.807) is 36.4 Å². The summed E-state index contributed by atoms with van der Waals surface area (Å²) in [5.74, 6) is 0.200. The number of amides is 2. The van der Waals surface area contributed by atoms with Crippen LogP contribution in [0, 0.1) is 0 Å². The van der Waals surface area contributed by atoms with Crippen LogP contribution in [0.4, 0.5) is 17.3 Å². The van der Waals surface area contributed by atoms with Crippen LogP contribution in [0.1, 0.15) is 10.4 Å². The number of methoxy groups -OCH3 is 1. The molecule has 3 rings (SSSR count). The molecule has 172 valence electrons. The molecule has 2 aromatic carbocycles. The number of halogens is 2. The van der Waals surface area contributed by atoms with E-state index in [0.717, 1.165) is 0 Å². The molecular weight excluding hydrogens is 473 g/mol. The van der Waals surface area contributed by atoms with E-state index in [9.17, 15) is 9.59 Å². The smallest absolute Gasteiger partial charge is 0.276 e. The lowest BCUT2D eigenvalue weighted by Gasteiger charge is -2.14. The second-order valence-corrected chi connectivity index (χ2v) is 7.17. The Morgan fingerprint density at radius 2 is 1.67 bits per heavy atom. The summed E-state index contributed by atoms with van der Waals surface area (Å²) < 4.78 is 10.4. The first-order chi connectivity index (χ1) is 15.9. The predicted octanol–water partition coefficient (Wildman–Crippen LogP) is 2.65. The topological polar surface area (TPSA) is 153 Å². The fourth-order valence-corrected chi connectivity index (χ4v) is 2.89. The van der Waals surface area contributed by atoms with Crippen molar-refractivity contribution in [2.24, 2.45) is 0 Å². The van der Waals surface area contributed by atoms with Crippen LogP contribution in [-0.4, -0.2) is 35.5 Å². The van der Waals surface area contributed by atoms with Crippen molar-refractivity contribution in [2.75, 3.05) is 30.3 Å². The number of anilines is 3. The molecule has 0 radical (unpaired) electrons. The van der Waals surface area contributed by atoms with Crippen LogP contribution >= 0.6 is 23.2 Å². The summed E-state index contributed by atoms with van der Waals surface area (Å²) in [6.07, 6.45) is 1.19. The summed E-state index contributed by atoms with van der Waals surface area (Å²) in [6.45, 7) is -0.331. The highest BCUT2D eigenvalue weighted by molar-refractivity contribution is 6.35. The molecule has 1 heterocycles. The zero-order valence-corrected chi connectivity index (χ0v) is 18.7. The number of hydrazine groups is 2. The lowest BCUT2D eigenvalue weighted by atomic mass is 10.2. The minimum absolute atomic E-state index is 0.0505. The number of nitrogens with zero attached hydrogens (tertiary/aromatic N) is 2. The highest BCUT2D eigenvalue weighted by Gasteiger charge is 2.12. The van der Waals surface area contributed by atoms with Gasteiger partial charge in [0.1, 0.15) is 23.5 Å². The van der Waals surface area contributed by atoms with E-state index in [4.69, 9.17) is 38.4 Å². The predicted molar refractivity (Wildman–Crippen MR) is 124 cm³/mol. The normalized spacial score (nSPS) is 10.2. The zero-order chi connectivity index (χ0) is 23.8. The average Bonchev–Trinajstić information content (AvgIpc) is 2.82. The maximum atomic E-state index is 12.3. The molecule has 0 bridgehead atoms. The Kier molecular flexibility index (Phi) is 7.95. The molecule has 3 aromatic rings. The number of rotatable bonds is 9. The summed E-state index contributed by atoms with van der Waals surface area (Å²) in [7, 11) is 1.53. The number of nitrogens with two attached hydrogens (primary N) is 1. The van der Waals surface area contributed by atoms with Gasteiger partial charge in [0, 0.05) is 10.6 Å². The Morgan fingerprint density at radius 1 is 1.00 bits per heavy atom. The molecule has 1 aromatic heterocycles. The van der Waals surface area contributed by atoms with Gasteiger partial charge in [-0.2, -0.15) is 0 Å². The minimum atomic E-state index is -0.527. The number of carbonyl (C=O) groups excluding carboxylic acids is 2. The first-order valence-corrected chi connectivity index (χ1v) is 10.1. The molecule has 0 atom stereocenters. The second kappa shape index (κ2) is 11.1. The molecule has 33 heavy (non-hydrogen) atoms. The van der Waals surface area contributed by atoms with Crippen LogP contribution in [0.3, 0.4) is 0 Å². The largest absolute Gasteiger partial charge is 0.497 e. The van der Waals surface area contributed by atoms with Gasteiger partial charge in [0.05, 0.1) is 12.1 Å². The van der Waals surface area contributed by atoms with Crippen LogP contribution < -0.4 is 36.9 Å². The van der Waals surface area contributed by atoms with Crippen molar-refractivity contribution < 1.29 is 19.1 Å². The number of hydrogen-bond acceptors (Lipinski definition) is 9. The maximum absolute atomic E-state index is 12.3. The lowest BCUT2D eigenvalue weighted by Crippen LogP contribution is -2.35. The summed E-state index contributed by atoms with van der Waals surface area (Å²) >= 11 is 11.8. The second-order valence-electron chi connectivity index (χ2n) is 6.33. The molecular formula is C20H19Cl2N7O4. The quantitative estimate of drug-likeness (QED) is 0.284. The molecule has 0 fully saturated rings. The van der Waals surface area contributed by atoms with Gasteiger partial charge in [-0.05, 0) is 42.5 Å². The van der Waals surface area contributed by atoms with Gasteiger partial charge < -0.3 is 15.2 Å². The van der Waals surface area contributed by atoms with Gasteiger partial charge in [-0.3, -0.25) is 31.3 Å². The summed E-state index contributed by atoms with van der Waals surface area (Å²) in [5, 5.41) is 0.720. The average molecular weight is 492 g/mol. The molecule has 0 unspecified atom stereocenters. The maximum Gasteiger partial charge on any atom is 0.276 e. The number of carbonyl (C=O) groups is 2. The number of aromatic nitrogens is 2. The Morgan fingerprint density at radius 3 is 2.30 bits per heavy atom. The molecule has 0 saturated heterocycles. The monoisotopic (exact) mass is 491 g/mol. The Balaban J connectivity index is 1.52. The van der Waals surface area contributed by atoms with Crippen LogP contribution in [-0.2, 0) is 4.79 Å². The van der Waals surface area contributed by atoms with Crippen LogP contribution in [0.2, 0.25) is 10.0 Å². The summed E-state index contributed by atoms with van der Waals surface area (Å²) in [4.78, 5) is 32.2. The third-order valence-electron chi connectivity index (χ3n) is 4.10. The zero-order valence-electron chi connectivity index (χ0n) is 17.2. The van der Waals surface area contributed by atoms with Gasteiger partial charge in [-0.25, -0.2) is 9.97 Å². The highest BCUT2D eigenvalue weighted by Crippen LogP contribution is 2.27. The summed E-state index contributed by atoms with van der Waals surface area (Å²) in [5.41, 5.74) is 16.5. The lowest BCUT2D eigenvalue weighted by molar-refractivity contribution is -0.122. The van der Waals surface area contributed by atoms with Crippen LogP contribution in [0.15, 0.2) is 48.8 Å². The molecule has 13 heteroatoms. The SMILES string of the molecule is COc1ccc(C(=O)NNc2ncnc(NNC(=O)COc3ccc(Cl)cc3Cl)c2N)cc1. The molecule has 2 amide bonds. The number of hydrogen-bond donors (Lipinski definition) is 5. The third kappa shape index (κ3) is 6.51. The molecule has 0 aliphatic carbocycles. The van der Waals surface area contributed by atoms with Crippen molar-refractivity contribution in [1.82, 2.24) is 20.8 Å². The van der Waals surface area contributed by atoms with Gasteiger partial charge in [0.15, 0.2) is 18.2 Å². The molecule has 6 N–H and O–H groups in total. The fraction of sp³-hybridized carbons (Fsp3) is 0.100. The van der Waals surface area contributed by atoms with E-state index < -0.39 is 11.8 Å². The van der Waals surface area contributed by atoms with Crippen molar-refractivity contribution in [3.8, 4) is 11.5 Å². The first-order valence-electron chi connectivity index (χ1n) is 9.31.